The van der Waals surface area contributed by atoms with E-state index in [0.717, 1.165) is 30.6 Å². The van der Waals surface area contributed by atoms with Gasteiger partial charge in [-0.3, -0.25) is 9.78 Å². The minimum Gasteiger partial charge on any atom is -0.388 e. The SMILES string of the molecule is CC[C@@]1(O)CCCN(C(=O)Cc2cc(C)ccn2)C1. The van der Waals surface area contributed by atoms with E-state index in [9.17, 15) is 9.90 Å². The van der Waals surface area contributed by atoms with Crippen molar-refractivity contribution in [2.75, 3.05) is 13.1 Å². The Morgan fingerprint density at radius 1 is 1.58 bits per heavy atom. The molecule has 1 aliphatic heterocycles. The minimum atomic E-state index is -0.700. The largest absolute Gasteiger partial charge is 0.388 e. The van der Waals surface area contributed by atoms with Crippen molar-refractivity contribution in [2.24, 2.45) is 0 Å². The number of carbonyl (C=O) groups excluding carboxylic acids is 1. The third kappa shape index (κ3) is 3.53. The van der Waals surface area contributed by atoms with Gasteiger partial charge in [-0.15, -0.1) is 0 Å². The van der Waals surface area contributed by atoms with Crippen molar-refractivity contribution in [1.82, 2.24) is 9.88 Å². The van der Waals surface area contributed by atoms with E-state index in [1.807, 2.05) is 26.0 Å². The molecule has 0 bridgehead atoms. The van der Waals surface area contributed by atoms with Crippen LogP contribution in [0, 0.1) is 6.92 Å². The number of rotatable bonds is 3. The number of pyridine rings is 1. The molecule has 1 fully saturated rings. The smallest absolute Gasteiger partial charge is 0.228 e. The highest BCUT2D eigenvalue weighted by atomic mass is 16.3. The zero-order chi connectivity index (χ0) is 13.9. The van der Waals surface area contributed by atoms with Crippen molar-refractivity contribution < 1.29 is 9.90 Å². The van der Waals surface area contributed by atoms with Crippen LogP contribution < -0.4 is 0 Å². The molecule has 0 aromatic carbocycles. The van der Waals surface area contributed by atoms with Crippen LogP contribution in [0.1, 0.15) is 37.4 Å². The molecule has 1 aromatic heterocycles. The summed E-state index contributed by atoms with van der Waals surface area (Å²) in [4.78, 5) is 18.3. The topological polar surface area (TPSA) is 53.4 Å². The van der Waals surface area contributed by atoms with E-state index in [1.54, 1.807) is 11.1 Å². The van der Waals surface area contributed by atoms with E-state index >= 15 is 0 Å². The Labute approximate surface area is 114 Å². The van der Waals surface area contributed by atoms with Crippen molar-refractivity contribution in [3.8, 4) is 0 Å². The molecule has 1 amide bonds. The average Bonchev–Trinajstić information content (AvgIpc) is 2.39. The molecule has 1 aromatic rings. The predicted molar refractivity (Wildman–Crippen MR) is 73.7 cm³/mol. The zero-order valence-corrected chi connectivity index (χ0v) is 11.7. The normalized spacial score (nSPS) is 23.4. The fraction of sp³-hybridized carbons (Fsp3) is 0.600. The molecule has 4 nitrogen and oxygen atoms in total. The van der Waals surface area contributed by atoms with E-state index in [0.29, 0.717) is 19.4 Å². The molecule has 1 atom stereocenters. The van der Waals surface area contributed by atoms with Gasteiger partial charge in [-0.25, -0.2) is 0 Å². The first kappa shape index (κ1) is 14.0. The maximum absolute atomic E-state index is 12.3. The molecular weight excluding hydrogens is 240 g/mol. The Kier molecular flexibility index (Phi) is 4.20. The lowest BCUT2D eigenvalue weighted by atomic mass is 9.90. The lowest BCUT2D eigenvalue weighted by Gasteiger charge is -2.38. The molecule has 1 N–H and O–H groups in total. The predicted octanol–water partition coefficient (Wildman–Crippen LogP) is 1.70. The van der Waals surface area contributed by atoms with Gasteiger partial charge in [-0.2, -0.15) is 0 Å². The zero-order valence-electron chi connectivity index (χ0n) is 11.7. The molecule has 2 rings (SSSR count). The number of hydrogen-bond acceptors (Lipinski definition) is 3. The summed E-state index contributed by atoms with van der Waals surface area (Å²) >= 11 is 0. The maximum atomic E-state index is 12.3. The van der Waals surface area contributed by atoms with E-state index < -0.39 is 5.60 Å². The Balaban J connectivity index is 2.00. The summed E-state index contributed by atoms with van der Waals surface area (Å²) in [6, 6.07) is 3.86. The third-order valence-corrected chi connectivity index (χ3v) is 3.87. The fourth-order valence-corrected chi connectivity index (χ4v) is 2.58. The van der Waals surface area contributed by atoms with Gasteiger partial charge < -0.3 is 10.0 Å². The van der Waals surface area contributed by atoms with Crippen LogP contribution in [0.15, 0.2) is 18.3 Å². The van der Waals surface area contributed by atoms with Crippen molar-refractivity contribution in [1.29, 1.82) is 0 Å². The molecule has 4 heteroatoms. The molecule has 0 saturated carbocycles. The lowest BCUT2D eigenvalue weighted by Crippen LogP contribution is -2.50. The van der Waals surface area contributed by atoms with Crippen LogP contribution in [0.25, 0.3) is 0 Å². The summed E-state index contributed by atoms with van der Waals surface area (Å²) in [5, 5.41) is 10.3. The van der Waals surface area contributed by atoms with Crippen molar-refractivity contribution in [3.05, 3.63) is 29.6 Å². The Morgan fingerprint density at radius 2 is 2.37 bits per heavy atom. The van der Waals surface area contributed by atoms with E-state index in [2.05, 4.69) is 4.98 Å². The van der Waals surface area contributed by atoms with Gasteiger partial charge in [-0.1, -0.05) is 6.92 Å². The third-order valence-electron chi connectivity index (χ3n) is 3.87. The maximum Gasteiger partial charge on any atom is 0.228 e. The summed E-state index contributed by atoms with van der Waals surface area (Å²) in [6.07, 6.45) is 4.41. The summed E-state index contributed by atoms with van der Waals surface area (Å²) in [5.41, 5.74) is 1.21. The van der Waals surface area contributed by atoms with Crippen LogP contribution in [0.5, 0.6) is 0 Å². The first-order valence-electron chi connectivity index (χ1n) is 6.94. The van der Waals surface area contributed by atoms with E-state index in [4.69, 9.17) is 0 Å². The number of piperidine rings is 1. The molecule has 1 saturated heterocycles. The number of aliphatic hydroxyl groups is 1. The molecular formula is C15H22N2O2. The molecule has 104 valence electrons. The van der Waals surface area contributed by atoms with E-state index in [1.165, 1.54) is 0 Å². The lowest BCUT2D eigenvalue weighted by molar-refractivity contribution is -0.137. The molecule has 0 aliphatic carbocycles. The second-order valence-corrected chi connectivity index (χ2v) is 5.50. The highest BCUT2D eigenvalue weighted by Crippen LogP contribution is 2.24. The number of amides is 1. The quantitative estimate of drug-likeness (QED) is 0.902. The van der Waals surface area contributed by atoms with Crippen LogP contribution in [-0.4, -0.2) is 39.6 Å². The van der Waals surface area contributed by atoms with Gasteiger partial charge in [0.25, 0.3) is 0 Å². The first-order chi connectivity index (χ1) is 9.02. The van der Waals surface area contributed by atoms with Crippen LogP contribution in [0.3, 0.4) is 0 Å². The fourth-order valence-electron chi connectivity index (χ4n) is 2.58. The van der Waals surface area contributed by atoms with Gasteiger partial charge in [0.1, 0.15) is 0 Å². The number of nitrogens with zero attached hydrogens (tertiary/aromatic N) is 2. The molecule has 2 heterocycles. The van der Waals surface area contributed by atoms with E-state index in [-0.39, 0.29) is 5.91 Å². The molecule has 0 radical (unpaired) electrons. The molecule has 1 aliphatic rings. The Hall–Kier alpha value is -1.42. The highest BCUT2D eigenvalue weighted by molar-refractivity contribution is 5.78. The van der Waals surface area contributed by atoms with Crippen LogP contribution in [0.4, 0.5) is 0 Å². The number of β-amino-alcohol motifs (C(OH)–C–C–N with tert-alkyl or cyclic N) is 1. The van der Waals surface area contributed by atoms with Gasteiger partial charge >= 0.3 is 0 Å². The van der Waals surface area contributed by atoms with Crippen molar-refractivity contribution in [3.63, 3.8) is 0 Å². The monoisotopic (exact) mass is 262 g/mol. The van der Waals surface area contributed by atoms with Gasteiger partial charge in [0.05, 0.1) is 12.0 Å². The number of aryl methyl sites for hydroxylation is 1. The number of hydrogen-bond donors (Lipinski definition) is 1. The first-order valence-corrected chi connectivity index (χ1v) is 6.94. The Bertz CT molecular complexity index is 461. The van der Waals surface area contributed by atoms with Gasteiger partial charge in [0.2, 0.25) is 5.91 Å². The number of carbonyl (C=O) groups is 1. The molecule has 19 heavy (non-hydrogen) atoms. The second-order valence-electron chi connectivity index (χ2n) is 5.50. The Morgan fingerprint density at radius 3 is 3.05 bits per heavy atom. The summed E-state index contributed by atoms with van der Waals surface area (Å²) < 4.78 is 0. The highest BCUT2D eigenvalue weighted by Gasteiger charge is 2.33. The summed E-state index contributed by atoms with van der Waals surface area (Å²) in [7, 11) is 0. The molecule has 0 unspecified atom stereocenters. The van der Waals surface area contributed by atoms with Gasteiger partial charge in [-0.05, 0) is 43.9 Å². The number of aromatic nitrogens is 1. The van der Waals surface area contributed by atoms with Crippen LogP contribution in [0.2, 0.25) is 0 Å². The second kappa shape index (κ2) is 5.70. The standard InChI is InChI=1S/C15H22N2O2/c1-3-15(19)6-4-8-17(11-15)14(18)10-13-9-12(2)5-7-16-13/h5,7,9,19H,3-4,6,8,10-11H2,1-2H3/t15-/m1/s1. The summed E-state index contributed by atoms with van der Waals surface area (Å²) in [5.74, 6) is 0.0599. The van der Waals surface area contributed by atoms with Crippen molar-refractivity contribution in [2.45, 2.75) is 45.1 Å². The number of likely N-dealkylation sites (tertiary alicyclic amines) is 1. The average molecular weight is 262 g/mol. The van der Waals surface area contributed by atoms with Crippen molar-refractivity contribution >= 4 is 5.91 Å². The summed E-state index contributed by atoms with van der Waals surface area (Å²) in [6.45, 7) is 5.16. The molecule has 0 spiro atoms. The van der Waals surface area contributed by atoms with Gasteiger partial charge in [0, 0.05) is 25.0 Å². The van der Waals surface area contributed by atoms with Gasteiger partial charge in [0.15, 0.2) is 0 Å². The minimum absolute atomic E-state index is 0.0599. The van der Waals surface area contributed by atoms with Crippen LogP contribution >= 0.6 is 0 Å². The van der Waals surface area contributed by atoms with Crippen LogP contribution in [-0.2, 0) is 11.2 Å².